The fourth-order valence-corrected chi connectivity index (χ4v) is 4.03. The number of aliphatic hydroxyl groups is 1. The van der Waals surface area contributed by atoms with E-state index < -0.39 is 0 Å². The number of carbonyl (C=O) groups excluding carboxylic acids is 2. The summed E-state index contributed by atoms with van der Waals surface area (Å²) in [5.74, 6) is 0.0951. The summed E-state index contributed by atoms with van der Waals surface area (Å²) in [6.07, 6.45) is 4.01. The van der Waals surface area contributed by atoms with Crippen molar-refractivity contribution in [3.8, 4) is 0 Å². The molecular weight excluding hydrogens is 282 g/mol. The lowest BCUT2D eigenvalue weighted by atomic mass is 9.94. The number of rotatable bonds is 2. The Labute approximate surface area is 132 Å². The fourth-order valence-electron chi connectivity index (χ4n) is 4.03. The normalized spacial score (nSPS) is 34.3. The number of aliphatic hydroxyl groups excluding tert-OH is 1. The van der Waals surface area contributed by atoms with E-state index in [2.05, 4.69) is 4.90 Å². The molecule has 0 aromatic heterocycles. The molecule has 22 heavy (non-hydrogen) atoms. The van der Waals surface area contributed by atoms with Crippen LogP contribution in [0.15, 0.2) is 0 Å². The van der Waals surface area contributed by atoms with Crippen LogP contribution < -0.4 is 0 Å². The van der Waals surface area contributed by atoms with E-state index in [1.165, 1.54) is 0 Å². The molecule has 0 aromatic rings. The number of hydrogen-bond donors (Lipinski definition) is 1. The third kappa shape index (κ3) is 3.13. The van der Waals surface area contributed by atoms with E-state index in [4.69, 9.17) is 0 Å². The predicted octanol–water partition coefficient (Wildman–Crippen LogP) is -0.0876. The largest absolute Gasteiger partial charge is 0.391 e. The highest BCUT2D eigenvalue weighted by molar-refractivity contribution is 5.87. The van der Waals surface area contributed by atoms with Crippen LogP contribution >= 0.6 is 0 Å². The summed E-state index contributed by atoms with van der Waals surface area (Å²) < 4.78 is 0. The third-order valence-corrected chi connectivity index (χ3v) is 5.55. The van der Waals surface area contributed by atoms with Crippen LogP contribution in [0.3, 0.4) is 0 Å². The molecule has 0 aromatic carbocycles. The number of piperidine rings is 1. The van der Waals surface area contributed by atoms with Crippen LogP contribution in [0.4, 0.5) is 0 Å². The maximum absolute atomic E-state index is 12.6. The summed E-state index contributed by atoms with van der Waals surface area (Å²) in [4.78, 5) is 30.3. The molecule has 2 heterocycles. The zero-order valence-electron chi connectivity index (χ0n) is 13.4. The minimum absolute atomic E-state index is 0.0808. The molecule has 2 amide bonds. The molecule has 2 saturated heterocycles. The monoisotopic (exact) mass is 309 g/mol. The van der Waals surface area contributed by atoms with E-state index in [1.807, 2.05) is 4.90 Å². The van der Waals surface area contributed by atoms with Crippen molar-refractivity contribution in [2.75, 3.05) is 39.8 Å². The van der Waals surface area contributed by atoms with Crippen molar-refractivity contribution in [2.45, 2.75) is 44.2 Å². The Hall–Kier alpha value is -1.14. The van der Waals surface area contributed by atoms with Crippen molar-refractivity contribution >= 4 is 11.8 Å². The van der Waals surface area contributed by atoms with Crippen LogP contribution in [0.5, 0.6) is 0 Å². The molecular formula is C16H27N3O3. The van der Waals surface area contributed by atoms with Gasteiger partial charge in [0.25, 0.3) is 0 Å². The van der Waals surface area contributed by atoms with Gasteiger partial charge in [-0.2, -0.15) is 0 Å². The first-order valence-electron chi connectivity index (χ1n) is 8.51. The van der Waals surface area contributed by atoms with Crippen LogP contribution in [-0.4, -0.2) is 83.5 Å². The highest BCUT2D eigenvalue weighted by Gasteiger charge is 2.36. The van der Waals surface area contributed by atoms with Crippen LogP contribution in [0.2, 0.25) is 0 Å². The van der Waals surface area contributed by atoms with Gasteiger partial charge in [0.1, 0.15) is 0 Å². The van der Waals surface area contributed by atoms with Gasteiger partial charge in [0, 0.05) is 58.2 Å². The molecule has 124 valence electrons. The number of hydrogen-bond acceptors (Lipinski definition) is 4. The molecule has 6 heteroatoms. The Balaban J connectivity index is 1.50. The van der Waals surface area contributed by atoms with Crippen LogP contribution in [0, 0.1) is 5.92 Å². The van der Waals surface area contributed by atoms with E-state index in [1.54, 1.807) is 11.9 Å². The highest BCUT2D eigenvalue weighted by Crippen LogP contribution is 2.26. The van der Waals surface area contributed by atoms with Crippen molar-refractivity contribution in [2.24, 2.45) is 5.92 Å². The molecule has 2 aliphatic heterocycles. The summed E-state index contributed by atoms with van der Waals surface area (Å²) >= 11 is 0. The van der Waals surface area contributed by atoms with Gasteiger partial charge < -0.3 is 14.9 Å². The van der Waals surface area contributed by atoms with E-state index in [0.717, 1.165) is 51.9 Å². The molecule has 1 N–H and O–H groups in total. The van der Waals surface area contributed by atoms with Gasteiger partial charge >= 0.3 is 0 Å². The first kappa shape index (κ1) is 15.7. The standard InChI is InChI=1S/C16H27N3O3/c1-17-6-5-12(11-15(17)21)16(22)19-9-7-18(8-10-19)13-3-2-4-14(13)20/h12-14,20H,2-11H2,1H3/t12-,13-,14-/m0/s1. The van der Waals surface area contributed by atoms with Crippen molar-refractivity contribution in [3.63, 3.8) is 0 Å². The molecule has 0 radical (unpaired) electrons. The summed E-state index contributed by atoms with van der Waals surface area (Å²) in [5.41, 5.74) is 0. The minimum atomic E-state index is -0.200. The van der Waals surface area contributed by atoms with Gasteiger partial charge in [-0.05, 0) is 25.7 Å². The highest BCUT2D eigenvalue weighted by atomic mass is 16.3. The third-order valence-electron chi connectivity index (χ3n) is 5.55. The molecule has 3 fully saturated rings. The maximum atomic E-state index is 12.6. The predicted molar refractivity (Wildman–Crippen MR) is 82.2 cm³/mol. The van der Waals surface area contributed by atoms with Crippen molar-refractivity contribution in [1.29, 1.82) is 0 Å². The zero-order valence-corrected chi connectivity index (χ0v) is 13.4. The van der Waals surface area contributed by atoms with E-state index in [0.29, 0.717) is 13.0 Å². The number of piperazine rings is 1. The molecule has 1 saturated carbocycles. The van der Waals surface area contributed by atoms with Gasteiger partial charge in [0.05, 0.1) is 6.10 Å². The molecule has 0 bridgehead atoms. The van der Waals surface area contributed by atoms with E-state index >= 15 is 0 Å². The van der Waals surface area contributed by atoms with E-state index in [9.17, 15) is 14.7 Å². The molecule has 3 aliphatic rings. The molecule has 6 nitrogen and oxygen atoms in total. The topological polar surface area (TPSA) is 64.1 Å². The first-order chi connectivity index (χ1) is 10.6. The van der Waals surface area contributed by atoms with Crippen molar-refractivity contribution < 1.29 is 14.7 Å². The molecule has 1 aliphatic carbocycles. The number of amides is 2. The second-order valence-corrected chi connectivity index (χ2v) is 6.93. The van der Waals surface area contributed by atoms with Crippen molar-refractivity contribution in [1.82, 2.24) is 14.7 Å². The second kappa shape index (κ2) is 6.54. The Morgan fingerprint density at radius 3 is 2.41 bits per heavy atom. The average molecular weight is 309 g/mol. The van der Waals surface area contributed by atoms with Crippen LogP contribution in [0.25, 0.3) is 0 Å². The van der Waals surface area contributed by atoms with Crippen LogP contribution in [0.1, 0.15) is 32.1 Å². The van der Waals surface area contributed by atoms with Gasteiger partial charge in [0.2, 0.25) is 11.8 Å². The fraction of sp³-hybridized carbons (Fsp3) is 0.875. The van der Waals surface area contributed by atoms with Crippen LogP contribution in [-0.2, 0) is 9.59 Å². The van der Waals surface area contributed by atoms with Gasteiger partial charge in [-0.25, -0.2) is 0 Å². The first-order valence-corrected chi connectivity index (χ1v) is 8.51. The number of carbonyl (C=O) groups is 2. The van der Waals surface area contributed by atoms with E-state index in [-0.39, 0.29) is 29.9 Å². The number of nitrogens with zero attached hydrogens (tertiary/aromatic N) is 3. The molecule has 0 unspecified atom stereocenters. The Morgan fingerprint density at radius 1 is 1.09 bits per heavy atom. The summed E-state index contributed by atoms with van der Waals surface area (Å²) in [5, 5.41) is 10.0. The summed E-state index contributed by atoms with van der Waals surface area (Å²) in [6, 6.07) is 0.280. The Kier molecular flexibility index (Phi) is 4.68. The van der Waals surface area contributed by atoms with Gasteiger partial charge in [-0.3, -0.25) is 14.5 Å². The Morgan fingerprint density at radius 2 is 1.82 bits per heavy atom. The average Bonchev–Trinajstić information content (AvgIpc) is 2.95. The van der Waals surface area contributed by atoms with Crippen molar-refractivity contribution in [3.05, 3.63) is 0 Å². The Bertz CT molecular complexity index is 434. The second-order valence-electron chi connectivity index (χ2n) is 6.93. The smallest absolute Gasteiger partial charge is 0.226 e. The minimum Gasteiger partial charge on any atom is -0.391 e. The van der Waals surface area contributed by atoms with Gasteiger partial charge in [-0.1, -0.05) is 0 Å². The maximum Gasteiger partial charge on any atom is 0.226 e. The molecule has 3 rings (SSSR count). The lowest BCUT2D eigenvalue weighted by Crippen LogP contribution is -2.55. The SMILES string of the molecule is CN1CC[C@H](C(=O)N2CCN([C@H]3CCC[C@@H]3O)CC2)CC1=O. The number of likely N-dealkylation sites (tertiary alicyclic amines) is 1. The summed E-state index contributed by atoms with van der Waals surface area (Å²) in [7, 11) is 1.80. The quantitative estimate of drug-likeness (QED) is 0.774. The van der Waals surface area contributed by atoms with Gasteiger partial charge in [-0.15, -0.1) is 0 Å². The van der Waals surface area contributed by atoms with Gasteiger partial charge in [0.15, 0.2) is 0 Å². The lowest BCUT2D eigenvalue weighted by molar-refractivity contribution is -0.145. The summed E-state index contributed by atoms with van der Waals surface area (Å²) in [6.45, 7) is 3.82. The molecule has 0 spiro atoms. The zero-order chi connectivity index (χ0) is 15.7. The lowest BCUT2D eigenvalue weighted by Gasteiger charge is -2.40. The molecule has 3 atom stereocenters.